The van der Waals surface area contributed by atoms with Crippen LogP contribution in [0.4, 0.5) is 5.82 Å². The summed E-state index contributed by atoms with van der Waals surface area (Å²) in [4.78, 5) is 8.10. The largest absolute Gasteiger partial charge is 0.363 e. The first-order valence-corrected chi connectivity index (χ1v) is 6.05. The third kappa shape index (κ3) is 2.46. The first kappa shape index (κ1) is 12.8. The van der Waals surface area contributed by atoms with E-state index >= 15 is 0 Å². The van der Waals surface area contributed by atoms with Crippen LogP contribution in [-0.2, 0) is 0 Å². The maximum Gasteiger partial charge on any atom is 0.224 e. The lowest BCUT2D eigenvalue weighted by molar-refractivity contribution is 0.392. The Balaban J connectivity index is 2.26. The fraction of sp³-hybridized carbons (Fsp3) is 0.417. The number of hydrogen-bond acceptors (Lipinski definition) is 5. The summed E-state index contributed by atoms with van der Waals surface area (Å²) in [6, 6.07) is 0.0425. The lowest BCUT2D eigenvalue weighted by Crippen LogP contribution is -2.11. The molecule has 0 aliphatic heterocycles. The van der Waals surface area contributed by atoms with Crippen LogP contribution in [0, 0.1) is 20.8 Å². The molecule has 5 nitrogen and oxygen atoms in total. The van der Waals surface area contributed by atoms with E-state index in [1.54, 1.807) is 6.20 Å². The van der Waals surface area contributed by atoms with Crippen molar-refractivity contribution >= 4 is 17.4 Å². The van der Waals surface area contributed by atoms with Crippen molar-refractivity contribution in [2.45, 2.75) is 33.7 Å². The predicted octanol–water partition coefficient (Wildman–Crippen LogP) is 3.22. The summed E-state index contributed by atoms with van der Waals surface area (Å²) in [7, 11) is 0. The SMILES string of the molecule is Cc1cnc(Cl)nc1NC(C)c1c(C)noc1C. The quantitative estimate of drug-likeness (QED) is 0.864. The molecule has 0 radical (unpaired) electrons. The molecule has 1 N–H and O–H groups in total. The topological polar surface area (TPSA) is 63.8 Å². The Labute approximate surface area is 111 Å². The van der Waals surface area contributed by atoms with Gasteiger partial charge in [0.2, 0.25) is 5.28 Å². The number of rotatable bonds is 3. The monoisotopic (exact) mass is 266 g/mol. The maximum atomic E-state index is 5.79. The Hall–Kier alpha value is -1.62. The number of anilines is 1. The second-order valence-electron chi connectivity index (χ2n) is 4.27. The van der Waals surface area contributed by atoms with Crippen LogP contribution in [0.3, 0.4) is 0 Å². The van der Waals surface area contributed by atoms with Gasteiger partial charge in [-0.2, -0.15) is 0 Å². The molecule has 0 bridgehead atoms. The summed E-state index contributed by atoms with van der Waals surface area (Å²) in [6.45, 7) is 7.78. The van der Waals surface area contributed by atoms with Crippen molar-refractivity contribution < 1.29 is 4.52 Å². The van der Waals surface area contributed by atoms with Crippen molar-refractivity contribution in [3.05, 3.63) is 34.1 Å². The Bertz CT molecular complexity index is 548. The molecule has 0 amide bonds. The second kappa shape index (κ2) is 4.94. The molecule has 1 unspecified atom stereocenters. The molecule has 96 valence electrons. The number of nitrogens with one attached hydrogen (secondary N) is 1. The fourth-order valence-corrected chi connectivity index (χ4v) is 2.09. The van der Waals surface area contributed by atoms with Gasteiger partial charge in [-0.25, -0.2) is 9.97 Å². The number of halogens is 1. The van der Waals surface area contributed by atoms with E-state index < -0.39 is 0 Å². The third-order valence-electron chi connectivity index (χ3n) is 2.82. The zero-order valence-electron chi connectivity index (χ0n) is 10.8. The molecule has 1 atom stereocenters. The highest BCUT2D eigenvalue weighted by Gasteiger charge is 2.17. The molecule has 2 aromatic heterocycles. The smallest absolute Gasteiger partial charge is 0.224 e. The standard InChI is InChI=1S/C12H15ClN4O/c1-6-5-14-12(13)16-11(6)15-7(2)10-8(3)17-18-9(10)4/h5,7H,1-4H3,(H,14,15,16). The molecule has 0 saturated carbocycles. The molecule has 18 heavy (non-hydrogen) atoms. The minimum Gasteiger partial charge on any atom is -0.363 e. The molecule has 0 aliphatic carbocycles. The summed E-state index contributed by atoms with van der Waals surface area (Å²) < 4.78 is 5.16. The van der Waals surface area contributed by atoms with Crippen LogP contribution in [0.5, 0.6) is 0 Å². The van der Waals surface area contributed by atoms with E-state index in [1.807, 2.05) is 27.7 Å². The van der Waals surface area contributed by atoms with Gasteiger partial charge in [-0.3, -0.25) is 0 Å². The summed E-state index contributed by atoms with van der Waals surface area (Å²) in [5.41, 5.74) is 2.87. The maximum absolute atomic E-state index is 5.79. The van der Waals surface area contributed by atoms with Crippen molar-refractivity contribution in [3.63, 3.8) is 0 Å². The number of nitrogens with zero attached hydrogens (tertiary/aromatic N) is 3. The molecule has 0 fully saturated rings. The Kier molecular flexibility index (Phi) is 3.52. The van der Waals surface area contributed by atoms with Crippen LogP contribution in [0.2, 0.25) is 5.28 Å². The summed E-state index contributed by atoms with van der Waals surface area (Å²) in [6.07, 6.45) is 1.69. The highest BCUT2D eigenvalue weighted by atomic mass is 35.5. The van der Waals surface area contributed by atoms with Crippen LogP contribution in [0.15, 0.2) is 10.7 Å². The molecular weight excluding hydrogens is 252 g/mol. The number of aromatic nitrogens is 3. The zero-order valence-corrected chi connectivity index (χ0v) is 11.5. The molecule has 0 spiro atoms. The summed E-state index contributed by atoms with van der Waals surface area (Å²) in [5.74, 6) is 1.54. The van der Waals surface area contributed by atoms with Gasteiger partial charge >= 0.3 is 0 Å². The lowest BCUT2D eigenvalue weighted by atomic mass is 10.1. The molecular formula is C12H15ClN4O. The normalized spacial score (nSPS) is 12.5. The zero-order chi connectivity index (χ0) is 13.3. The Morgan fingerprint density at radius 3 is 2.67 bits per heavy atom. The van der Waals surface area contributed by atoms with Crippen molar-refractivity contribution in [2.24, 2.45) is 0 Å². The van der Waals surface area contributed by atoms with Crippen molar-refractivity contribution in [1.82, 2.24) is 15.1 Å². The van der Waals surface area contributed by atoms with E-state index in [0.717, 1.165) is 28.4 Å². The first-order chi connectivity index (χ1) is 8.49. The van der Waals surface area contributed by atoms with Gasteiger partial charge in [0.15, 0.2) is 0 Å². The highest BCUT2D eigenvalue weighted by molar-refractivity contribution is 6.28. The molecule has 0 aromatic carbocycles. The molecule has 2 rings (SSSR count). The number of hydrogen-bond donors (Lipinski definition) is 1. The van der Waals surface area contributed by atoms with E-state index in [4.69, 9.17) is 16.1 Å². The summed E-state index contributed by atoms with van der Waals surface area (Å²) in [5, 5.41) is 7.48. The van der Waals surface area contributed by atoms with Gasteiger partial charge in [0.1, 0.15) is 11.6 Å². The van der Waals surface area contributed by atoms with Crippen LogP contribution in [0.25, 0.3) is 0 Å². The van der Waals surface area contributed by atoms with Gasteiger partial charge in [-0.15, -0.1) is 0 Å². The van der Waals surface area contributed by atoms with Crippen molar-refractivity contribution in [2.75, 3.05) is 5.32 Å². The van der Waals surface area contributed by atoms with Gasteiger partial charge in [0, 0.05) is 17.3 Å². The third-order valence-corrected chi connectivity index (χ3v) is 3.00. The Morgan fingerprint density at radius 2 is 2.06 bits per heavy atom. The van der Waals surface area contributed by atoms with Crippen LogP contribution >= 0.6 is 11.6 Å². The first-order valence-electron chi connectivity index (χ1n) is 5.67. The van der Waals surface area contributed by atoms with Gasteiger partial charge in [-0.1, -0.05) is 5.16 Å². The summed E-state index contributed by atoms with van der Waals surface area (Å²) >= 11 is 5.79. The highest BCUT2D eigenvalue weighted by Crippen LogP contribution is 2.25. The Morgan fingerprint density at radius 1 is 1.33 bits per heavy atom. The lowest BCUT2D eigenvalue weighted by Gasteiger charge is -2.15. The van der Waals surface area contributed by atoms with E-state index in [1.165, 1.54) is 0 Å². The van der Waals surface area contributed by atoms with Crippen molar-refractivity contribution in [1.29, 1.82) is 0 Å². The minimum atomic E-state index is 0.0425. The number of aryl methyl sites for hydroxylation is 3. The average Bonchev–Trinajstić information content (AvgIpc) is 2.63. The van der Waals surface area contributed by atoms with Crippen LogP contribution in [-0.4, -0.2) is 15.1 Å². The average molecular weight is 267 g/mol. The predicted molar refractivity (Wildman–Crippen MR) is 69.8 cm³/mol. The van der Waals surface area contributed by atoms with Crippen molar-refractivity contribution in [3.8, 4) is 0 Å². The molecule has 2 heterocycles. The van der Waals surface area contributed by atoms with Gasteiger partial charge in [-0.05, 0) is 39.3 Å². The van der Waals surface area contributed by atoms with Gasteiger partial charge in [0.25, 0.3) is 0 Å². The molecule has 6 heteroatoms. The molecule has 0 saturated heterocycles. The molecule has 0 aliphatic rings. The second-order valence-corrected chi connectivity index (χ2v) is 4.61. The van der Waals surface area contributed by atoms with E-state index in [9.17, 15) is 0 Å². The molecule has 2 aromatic rings. The van der Waals surface area contributed by atoms with Gasteiger partial charge in [0.05, 0.1) is 11.7 Å². The van der Waals surface area contributed by atoms with Crippen LogP contribution < -0.4 is 5.32 Å². The minimum absolute atomic E-state index is 0.0425. The fourth-order valence-electron chi connectivity index (χ4n) is 1.95. The van der Waals surface area contributed by atoms with E-state index in [2.05, 4.69) is 20.4 Å². The van der Waals surface area contributed by atoms with Gasteiger partial charge < -0.3 is 9.84 Å². The van der Waals surface area contributed by atoms with E-state index in [-0.39, 0.29) is 11.3 Å². The van der Waals surface area contributed by atoms with E-state index in [0.29, 0.717) is 0 Å². The van der Waals surface area contributed by atoms with Crippen LogP contribution in [0.1, 0.15) is 35.5 Å².